The Morgan fingerprint density at radius 1 is 1.21 bits per heavy atom. The zero-order chi connectivity index (χ0) is 27.2. The van der Waals surface area contributed by atoms with Gasteiger partial charge in [-0.25, -0.2) is 19.0 Å². The number of nitrogen functional groups attached to an aromatic ring is 1. The quantitative estimate of drug-likeness (QED) is 0.226. The smallest absolute Gasteiger partial charge is 0.350 e. The van der Waals surface area contributed by atoms with Crippen LogP contribution in [-0.4, -0.2) is 79.4 Å². The number of fused-ring (bicyclic) bond motifs is 2. The van der Waals surface area contributed by atoms with Crippen LogP contribution in [0.25, 0.3) is 11.2 Å². The van der Waals surface area contributed by atoms with Crippen LogP contribution in [-0.2, 0) is 35.0 Å². The monoisotopic (exact) mass is 549 g/mol. The third kappa shape index (κ3) is 4.06. The summed E-state index contributed by atoms with van der Waals surface area (Å²) in [6.07, 6.45) is -5.08. The molecule has 38 heavy (non-hydrogen) atoms. The van der Waals surface area contributed by atoms with Gasteiger partial charge in [-0.15, -0.1) is 0 Å². The Labute approximate surface area is 220 Å². The molecular weight excluding hydrogens is 525 g/mol. The fourth-order valence-electron chi connectivity index (χ4n) is 4.69. The fraction of sp³-hybridized carbons (Fsp3) is 0.458. The van der Waals surface area contributed by atoms with Gasteiger partial charge in [0.2, 0.25) is 5.28 Å². The average Bonchev–Trinajstić information content (AvgIpc) is 3.14. The first kappa shape index (κ1) is 26.2. The van der Waals surface area contributed by atoms with E-state index in [-0.39, 0.29) is 41.9 Å². The van der Waals surface area contributed by atoms with Crippen LogP contribution in [0.5, 0.6) is 0 Å². The van der Waals surface area contributed by atoms with Crippen LogP contribution in [0.15, 0.2) is 36.7 Å². The van der Waals surface area contributed by atoms with E-state index >= 15 is 4.39 Å². The number of nitrogens with two attached hydrogens (primary N) is 1. The number of imidazole rings is 1. The van der Waals surface area contributed by atoms with Crippen molar-refractivity contribution in [3.8, 4) is 0 Å². The molecule has 0 bridgehead atoms. The summed E-state index contributed by atoms with van der Waals surface area (Å²) in [6, 6.07) is 8.58. The van der Waals surface area contributed by atoms with Crippen LogP contribution >= 0.6 is 11.6 Å². The molecule has 1 aliphatic heterocycles. The number of carbonyl (C=O) groups excluding carboxylic acids is 2. The van der Waals surface area contributed by atoms with Crippen LogP contribution in [0.1, 0.15) is 25.6 Å². The Morgan fingerprint density at radius 3 is 2.45 bits per heavy atom. The number of ether oxygens (including phenoxy) is 4. The molecule has 0 spiro atoms. The summed E-state index contributed by atoms with van der Waals surface area (Å²) in [5.41, 5.74) is 2.16. The number of hydrogen-bond acceptors (Lipinski definition) is 11. The molecule has 1 unspecified atom stereocenters. The van der Waals surface area contributed by atoms with E-state index in [2.05, 4.69) is 15.0 Å². The zero-order valence-electron chi connectivity index (χ0n) is 20.4. The molecule has 5 atom stereocenters. The van der Waals surface area contributed by atoms with Crippen molar-refractivity contribution in [2.24, 2.45) is 0 Å². The molecule has 1 aromatic carbocycles. The number of halogens is 2. The molecule has 3 heterocycles. The summed E-state index contributed by atoms with van der Waals surface area (Å²) in [5, 5.41) is 11.1. The molecule has 3 aromatic rings. The molecule has 12 nitrogen and oxygen atoms in total. The number of nitrogens with zero attached hydrogens (tertiary/aromatic N) is 4. The summed E-state index contributed by atoms with van der Waals surface area (Å²) in [7, 11) is 0. The highest BCUT2D eigenvalue weighted by atomic mass is 35.5. The van der Waals surface area contributed by atoms with Gasteiger partial charge in [0.05, 0.1) is 19.5 Å². The van der Waals surface area contributed by atoms with Gasteiger partial charge >= 0.3 is 11.9 Å². The Morgan fingerprint density at radius 2 is 1.87 bits per heavy atom. The Bertz CT molecular complexity index is 1360. The molecule has 2 aromatic heterocycles. The van der Waals surface area contributed by atoms with Gasteiger partial charge in [-0.05, 0) is 31.0 Å². The predicted octanol–water partition coefficient (Wildman–Crippen LogP) is 1.53. The summed E-state index contributed by atoms with van der Waals surface area (Å²) < 4.78 is 39.1. The number of aliphatic hydroxyl groups is 1. The van der Waals surface area contributed by atoms with E-state index in [9.17, 15) is 14.7 Å². The van der Waals surface area contributed by atoms with Crippen molar-refractivity contribution in [1.82, 2.24) is 19.5 Å². The second kappa shape index (κ2) is 9.73. The number of alkyl halides is 1. The van der Waals surface area contributed by atoms with E-state index in [1.165, 1.54) is 10.9 Å². The van der Waals surface area contributed by atoms with E-state index in [1.54, 1.807) is 44.2 Å². The van der Waals surface area contributed by atoms with Gasteiger partial charge in [-0.3, -0.25) is 4.57 Å². The van der Waals surface area contributed by atoms with Gasteiger partial charge < -0.3 is 29.8 Å². The number of aromatic nitrogens is 4. The summed E-state index contributed by atoms with van der Waals surface area (Å²) in [6.45, 7) is 3.03. The molecule has 0 radical (unpaired) electrons. The van der Waals surface area contributed by atoms with Gasteiger partial charge in [0.25, 0.3) is 5.60 Å². The van der Waals surface area contributed by atoms with Crippen molar-refractivity contribution in [3.05, 3.63) is 47.5 Å². The first-order valence-electron chi connectivity index (χ1n) is 11.9. The molecule has 1 aliphatic carbocycles. The van der Waals surface area contributed by atoms with Crippen LogP contribution in [0.4, 0.5) is 10.2 Å². The van der Waals surface area contributed by atoms with Crippen molar-refractivity contribution in [3.63, 3.8) is 0 Å². The van der Waals surface area contributed by atoms with E-state index in [0.717, 1.165) is 0 Å². The van der Waals surface area contributed by atoms with Crippen LogP contribution in [0.2, 0.25) is 5.28 Å². The second-order valence-corrected chi connectivity index (χ2v) is 9.25. The Balaban J connectivity index is 1.46. The molecule has 2 fully saturated rings. The summed E-state index contributed by atoms with van der Waals surface area (Å²) in [5.74, 6) is -2.05. The van der Waals surface area contributed by atoms with Gasteiger partial charge in [0, 0.05) is 6.42 Å². The van der Waals surface area contributed by atoms with Crippen LogP contribution in [0, 0.1) is 0 Å². The average molecular weight is 550 g/mol. The minimum Gasteiger partial charge on any atom is -0.463 e. The third-order valence-corrected chi connectivity index (χ3v) is 6.75. The van der Waals surface area contributed by atoms with E-state index in [4.69, 9.17) is 36.3 Å². The number of benzene rings is 1. The highest BCUT2D eigenvalue weighted by Gasteiger charge is 2.80. The lowest BCUT2D eigenvalue weighted by molar-refractivity contribution is -0.201. The van der Waals surface area contributed by atoms with Crippen LogP contribution in [0.3, 0.4) is 0 Å². The first-order valence-corrected chi connectivity index (χ1v) is 12.3. The third-order valence-electron chi connectivity index (χ3n) is 6.59. The second-order valence-electron chi connectivity index (χ2n) is 8.91. The Hall–Kier alpha value is -3.39. The van der Waals surface area contributed by atoms with Gasteiger partial charge in [-0.2, -0.15) is 9.97 Å². The molecule has 1 saturated carbocycles. The van der Waals surface area contributed by atoms with E-state index in [0.29, 0.717) is 5.56 Å². The number of hydrogen-bond donors (Lipinski definition) is 2. The molecular formula is C24H25ClFN5O7. The SMILES string of the molecule is CCOC(=O)C(Cc1ccccc1)(OC1[C@H]2O[C@@H](n3cnc4c(N)nc(Cl)nc43)[C@@H](F)[C@@]12O)C(=O)OCC. The number of rotatable bonds is 9. The standard InChI is InChI=1S/C24H25ClFN5O7/c1-3-35-20(32)23(21(33)36-4-2,10-12-8-6-5-7-9-12)38-16-15-24(16,34)14(26)19(37-15)31-11-28-13-17(27)29-22(25)30-18(13)31/h5-9,11,14-16,19,34H,3-4,10H2,1-2H3,(H2,27,29,30)/t14-,15-,16?,19-,24+/m1/s1. The van der Waals surface area contributed by atoms with Crippen molar-refractivity contribution < 1.29 is 38.0 Å². The predicted molar refractivity (Wildman–Crippen MR) is 130 cm³/mol. The minimum atomic E-state index is -2.31. The first-order chi connectivity index (χ1) is 18.2. The maximum atomic E-state index is 15.8. The lowest BCUT2D eigenvalue weighted by Crippen LogP contribution is -2.55. The van der Waals surface area contributed by atoms with E-state index in [1.807, 2.05) is 0 Å². The molecule has 0 amide bonds. The van der Waals surface area contributed by atoms with Gasteiger partial charge in [0.15, 0.2) is 29.5 Å². The molecule has 3 N–H and O–H groups in total. The highest BCUT2D eigenvalue weighted by molar-refractivity contribution is 6.28. The van der Waals surface area contributed by atoms with E-state index < -0.39 is 47.7 Å². The molecule has 202 valence electrons. The number of esters is 2. The largest absolute Gasteiger partial charge is 0.463 e. The Kier molecular flexibility index (Phi) is 6.71. The molecule has 2 aliphatic rings. The molecule has 1 saturated heterocycles. The number of carbonyl (C=O) groups is 2. The topological polar surface area (TPSA) is 161 Å². The summed E-state index contributed by atoms with van der Waals surface area (Å²) in [4.78, 5) is 38.3. The fourth-order valence-corrected chi connectivity index (χ4v) is 4.86. The maximum absolute atomic E-state index is 15.8. The van der Waals surface area contributed by atoms with Crippen LogP contribution < -0.4 is 5.73 Å². The minimum absolute atomic E-state index is 0.00759. The summed E-state index contributed by atoms with van der Waals surface area (Å²) >= 11 is 5.90. The lowest BCUT2D eigenvalue weighted by Gasteiger charge is -2.31. The highest BCUT2D eigenvalue weighted by Crippen LogP contribution is 2.58. The van der Waals surface area contributed by atoms with Gasteiger partial charge in [0.1, 0.15) is 17.7 Å². The van der Waals surface area contributed by atoms with Crippen molar-refractivity contribution in [2.45, 2.75) is 56.1 Å². The molecule has 14 heteroatoms. The van der Waals surface area contributed by atoms with Crippen molar-refractivity contribution >= 4 is 40.5 Å². The number of anilines is 1. The lowest BCUT2D eigenvalue weighted by atomic mass is 9.93. The maximum Gasteiger partial charge on any atom is 0.350 e. The molecule has 5 rings (SSSR count). The van der Waals surface area contributed by atoms with Crippen molar-refractivity contribution in [1.29, 1.82) is 0 Å². The van der Waals surface area contributed by atoms with Gasteiger partial charge in [-0.1, -0.05) is 30.3 Å². The zero-order valence-corrected chi connectivity index (χ0v) is 21.2. The van der Waals surface area contributed by atoms with Crippen molar-refractivity contribution in [2.75, 3.05) is 18.9 Å². The normalized spacial score (nSPS) is 26.2.